The summed E-state index contributed by atoms with van der Waals surface area (Å²) >= 11 is 0. The van der Waals surface area contributed by atoms with E-state index >= 15 is 0 Å². The number of hydrogen-bond acceptors (Lipinski definition) is 6. The van der Waals surface area contributed by atoms with Crippen molar-refractivity contribution >= 4 is 17.8 Å². The average molecular weight is 449 g/mol. The van der Waals surface area contributed by atoms with E-state index in [9.17, 15) is 14.4 Å². The number of aromatic nitrogens is 2. The van der Waals surface area contributed by atoms with Gasteiger partial charge in [-0.2, -0.15) is 5.10 Å². The Labute approximate surface area is 190 Å². The molecule has 0 saturated carbocycles. The van der Waals surface area contributed by atoms with Gasteiger partial charge in [-0.25, -0.2) is 0 Å². The van der Waals surface area contributed by atoms with Crippen LogP contribution in [0.4, 0.5) is 0 Å². The van der Waals surface area contributed by atoms with E-state index in [0.717, 1.165) is 0 Å². The molecule has 2 saturated heterocycles. The van der Waals surface area contributed by atoms with Gasteiger partial charge in [0, 0.05) is 45.4 Å². The maximum atomic E-state index is 13.1. The Morgan fingerprint density at radius 3 is 2.50 bits per heavy atom. The number of piperidine rings is 1. The van der Waals surface area contributed by atoms with Gasteiger partial charge in [0.1, 0.15) is 5.60 Å². The van der Waals surface area contributed by atoms with Gasteiger partial charge in [-0.05, 0) is 47.5 Å². The molecule has 9 nitrogen and oxygen atoms in total. The van der Waals surface area contributed by atoms with E-state index in [1.54, 1.807) is 18.0 Å². The third-order valence-corrected chi connectivity index (χ3v) is 6.10. The molecular weight excluding hydrogens is 412 g/mol. The topological polar surface area (TPSA) is 94.0 Å². The molecular formula is C23H36N4O5. The molecule has 2 aliphatic heterocycles. The summed E-state index contributed by atoms with van der Waals surface area (Å²) in [6.07, 6.45) is 3.40. The van der Waals surface area contributed by atoms with Gasteiger partial charge in [-0.15, -0.1) is 0 Å². The van der Waals surface area contributed by atoms with E-state index in [4.69, 9.17) is 9.47 Å². The lowest BCUT2D eigenvalue weighted by Gasteiger charge is -2.36. The second-order valence-electron chi connectivity index (χ2n) is 9.92. The van der Waals surface area contributed by atoms with Gasteiger partial charge in [0.2, 0.25) is 5.91 Å². The number of likely N-dealkylation sites (tertiary alicyclic amines) is 2. The lowest BCUT2D eigenvalue weighted by molar-refractivity contribution is -0.159. The zero-order valence-corrected chi connectivity index (χ0v) is 20.1. The number of rotatable bonds is 6. The zero-order valence-electron chi connectivity index (χ0n) is 20.1. The minimum absolute atomic E-state index is 0.00473. The third kappa shape index (κ3) is 5.49. The number of methoxy groups -OCH3 is 1. The fourth-order valence-corrected chi connectivity index (χ4v) is 4.41. The van der Waals surface area contributed by atoms with Crippen LogP contribution in [0.3, 0.4) is 0 Å². The smallest absolute Gasteiger partial charge is 0.311 e. The highest BCUT2D eigenvalue weighted by Gasteiger charge is 2.41. The molecule has 0 N–H and O–H groups in total. The number of hydrogen-bond donors (Lipinski definition) is 0. The third-order valence-electron chi connectivity index (χ3n) is 6.10. The summed E-state index contributed by atoms with van der Waals surface area (Å²) in [6, 6.07) is 0.0922. The van der Waals surface area contributed by atoms with Crippen molar-refractivity contribution in [3.63, 3.8) is 0 Å². The molecule has 2 atom stereocenters. The highest BCUT2D eigenvalue weighted by molar-refractivity contribution is 5.95. The van der Waals surface area contributed by atoms with E-state index in [0.29, 0.717) is 50.3 Å². The molecule has 1 aromatic rings. The standard InChI is InChI=1S/C23H36N4O5/c1-15(14-31-6)27-13-19(16(2)24-27)21(29)25-9-7-18(8-10-25)26-12-17(11-20(26)28)22(30)32-23(3,4)5/h13,15,17-18H,7-12,14H2,1-6H3. The Hall–Kier alpha value is -2.42. The van der Waals surface area contributed by atoms with Gasteiger partial charge in [-0.1, -0.05) is 0 Å². The van der Waals surface area contributed by atoms with Crippen LogP contribution in [0.5, 0.6) is 0 Å². The van der Waals surface area contributed by atoms with Crippen molar-refractivity contribution in [3.8, 4) is 0 Å². The predicted molar refractivity (Wildman–Crippen MR) is 118 cm³/mol. The molecule has 2 unspecified atom stereocenters. The van der Waals surface area contributed by atoms with Crippen LogP contribution in [0.25, 0.3) is 0 Å². The molecule has 2 amide bonds. The molecule has 0 spiro atoms. The molecule has 0 aromatic carbocycles. The summed E-state index contributed by atoms with van der Waals surface area (Å²) in [7, 11) is 1.64. The first-order valence-corrected chi connectivity index (χ1v) is 11.4. The summed E-state index contributed by atoms with van der Waals surface area (Å²) in [6.45, 7) is 11.4. The van der Waals surface area contributed by atoms with E-state index in [2.05, 4.69) is 5.10 Å². The second kappa shape index (κ2) is 9.60. The number of carbonyl (C=O) groups is 3. The molecule has 9 heteroatoms. The van der Waals surface area contributed by atoms with Crippen molar-refractivity contribution < 1.29 is 23.9 Å². The molecule has 1 aromatic heterocycles. The Morgan fingerprint density at radius 2 is 1.91 bits per heavy atom. The fraction of sp³-hybridized carbons (Fsp3) is 0.739. The second-order valence-corrected chi connectivity index (χ2v) is 9.92. The number of ether oxygens (including phenoxy) is 2. The number of nitrogens with zero attached hydrogens (tertiary/aromatic N) is 4. The monoisotopic (exact) mass is 448 g/mol. The zero-order chi connectivity index (χ0) is 23.6. The normalized spacial score (nSPS) is 21.2. The molecule has 32 heavy (non-hydrogen) atoms. The number of amides is 2. The Balaban J connectivity index is 1.57. The number of carbonyl (C=O) groups excluding carboxylic acids is 3. The van der Waals surface area contributed by atoms with E-state index in [-0.39, 0.29) is 36.3 Å². The van der Waals surface area contributed by atoms with Gasteiger partial charge in [-0.3, -0.25) is 19.1 Å². The average Bonchev–Trinajstić information content (AvgIpc) is 3.29. The molecule has 3 rings (SSSR count). The quantitative estimate of drug-likeness (QED) is 0.620. The van der Waals surface area contributed by atoms with Crippen LogP contribution in [-0.2, 0) is 19.1 Å². The van der Waals surface area contributed by atoms with Gasteiger partial charge >= 0.3 is 5.97 Å². The van der Waals surface area contributed by atoms with Crippen LogP contribution >= 0.6 is 0 Å². The van der Waals surface area contributed by atoms with Gasteiger partial charge in [0.05, 0.1) is 29.8 Å². The number of aryl methyl sites for hydroxylation is 1. The highest BCUT2D eigenvalue weighted by atomic mass is 16.6. The summed E-state index contributed by atoms with van der Waals surface area (Å²) < 4.78 is 12.4. The van der Waals surface area contributed by atoms with Crippen LogP contribution in [0.2, 0.25) is 0 Å². The molecule has 178 valence electrons. The van der Waals surface area contributed by atoms with E-state index in [1.165, 1.54) is 0 Å². The molecule has 0 bridgehead atoms. The van der Waals surface area contributed by atoms with Crippen LogP contribution in [-0.4, -0.2) is 82.4 Å². The van der Waals surface area contributed by atoms with Gasteiger partial charge < -0.3 is 19.3 Å². The van der Waals surface area contributed by atoms with Crippen LogP contribution in [0.15, 0.2) is 6.20 Å². The van der Waals surface area contributed by atoms with Crippen molar-refractivity contribution in [2.75, 3.05) is 33.4 Å². The first kappa shape index (κ1) is 24.2. The minimum Gasteiger partial charge on any atom is -0.460 e. The maximum Gasteiger partial charge on any atom is 0.311 e. The van der Waals surface area contributed by atoms with Crippen molar-refractivity contribution in [1.29, 1.82) is 0 Å². The molecule has 0 radical (unpaired) electrons. The van der Waals surface area contributed by atoms with Crippen LogP contribution < -0.4 is 0 Å². The molecule has 0 aliphatic carbocycles. The van der Waals surface area contributed by atoms with Crippen molar-refractivity contribution in [2.24, 2.45) is 5.92 Å². The first-order chi connectivity index (χ1) is 15.0. The van der Waals surface area contributed by atoms with Crippen molar-refractivity contribution in [2.45, 2.75) is 71.6 Å². The van der Waals surface area contributed by atoms with Gasteiger partial charge in [0.15, 0.2) is 0 Å². The number of esters is 1. The Bertz CT molecular complexity index is 851. The summed E-state index contributed by atoms with van der Waals surface area (Å²) in [5, 5.41) is 4.48. The summed E-state index contributed by atoms with van der Waals surface area (Å²) in [5.41, 5.74) is 0.746. The Kier molecular flexibility index (Phi) is 7.27. The fourth-order valence-electron chi connectivity index (χ4n) is 4.41. The Morgan fingerprint density at radius 1 is 1.25 bits per heavy atom. The molecule has 3 heterocycles. The first-order valence-electron chi connectivity index (χ1n) is 11.4. The largest absolute Gasteiger partial charge is 0.460 e. The van der Waals surface area contributed by atoms with Crippen molar-refractivity contribution in [1.82, 2.24) is 19.6 Å². The summed E-state index contributed by atoms with van der Waals surface area (Å²) in [4.78, 5) is 41.7. The van der Waals surface area contributed by atoms with Crippen LogP contribution in [0, 0.1) is 12.8 Å². The maximum absolute atomic E-state index is 13.1. The molecule has 2 fully saturated rings. The van der Waals surface area contributed by atoms with E-state index < -0.39 is 11.5 Å². The van der Waals surface area contributed by atoms with E-state index in [1.807, 2.05) is 44.4 Å². The van der Waals surface area contributed by atoms with Crippen LogP contribution in [0.1, 0.15) is 69.1 Å². The lowest BCUT2D eigenvalue weighted by atomic mass is 10.0. The van der Waals surface area contributed by atoms with Crippen molar-refractivity contribution in [3.05, 3.63) is 17.5 Å². The lowest BCUT2D eigenvalue weighted by Crippen LogP contribution is -2.47. The predicted octanol–water partition coefficient (Wildman–Crippen LogP) is 2.19. The molecule has 2 aliphatic rings. The summed E-state index contributed by atoms with van der Waals surface area (Å²) in [5.74, 6) is -0.758. The van der Waals surface area contributed by atoms with Gasteiger partial charge in [0.25, 0.3) is 5.91 Å². The SMILES string of the molecule is COCC(C)n1cc(C(=O)N2CCC(N3CC(C(=O)OC(C)(C)C)CC3=O)CC2)c(C)n1. The highest BCUT2D eigenvalue weighted by Crippen LogP contribution is 2.28. The minimum atomic E-state index is -0.563.